The number of methoxy groups -OCH3 is 1. The summed E-state index contributed by atoms with van der Waals surface area (Å²) in [5.41, 5.74) is 1.98. The predicted molar refractivity (Wildman–Crippen MR) is 100 cm³/mol. The van der Waals surface area contributed by atoms with E-state index in [4.69, 9.17) is 16.3 Å². The van der Waals surface area contributed by atoms with Gasteiger partial charge in [0.1, 0.15) is 0 Å². The molecule has 2 aromatic carbocycles. The van der Waals surface area contributed by atoms with Crippen LogP contribution in [0, 0.1) is 10.1 Å². The second kappa shape index (κ2) is 7.79. The van der Waals surface area contributed by atoms with Gasteiger partial charge in [-0.1, -0.05) is 23.7 Å². The van der Waals surface area contributed by atoms with Crippen molar-refractivity contribution in [2.75, 3.05) is 12.4 Å². The van der Waals surface area contributed by atoms with Crippen molar-refractivity contribution in [1.29, 1.82) is 0 Å². The molecule has 3 rings (SSSR count). The van der Waals surface area contributed by atoms with Crippen molar-refractivity contribution in [3.05, 3.63) is 75.3 Å². The molecule has 0 unspecified atom stereocenters. The minimum absolute atomic E-state index is 0.00632. The zero-order chi connectivity index (χ0) is 19.4. The Morgan fingerprint density at radius 1 is 1.11 bits per heavy atom. The molecule has 0 saturated carbocycles. The van der Waals surface area contributed by atoms with Gasteiger partial charge < -0.3 is 10.1 Å². The molecule has 0 aliphatic heterocycles. The number of amides is 1. The maximum absolute atomic E-state index is 12.3. The lowest BCUT2D eigenvalue weighted by atomic mass is 10.1. The lowest BCUT2D eigenvalue weighted by molar-refractivity contribution is -0.384. The largest absolute Gasteiger partial charge is 0.480 e. The van der Waals surface area contributed by atoms with Gasteiger partial charge in [-0.3, -0.25) is 14.9 Å². The molecule has 0 aliphatic rings. The van der Waals surface area contributed by atoms with Gasteiger partial charge in [-0.15, -0.1) is 10.2 Å². The second-order valence-corrected chi connectivity index (χ2v) is 5.82. The van der Waals surface area contributed by atoms with E-state index in [1.165, 1.54) is 19.2 Å². The maximum atomic E-state index is 12.3. The third-order valence-electron chi connectivity index (χ3n) is 3.70. The monoisotopic (exact) mass is 384 g/mol. The SMILES string of the molecule is COc1ccc(-c2ccc(NC(=O)c3ccc([N+](=O)[O-])cc3Cl)cc2)nn1. The molecule has 1 amide bonds. The van der Waals surface area contributed by atoms with Gasteiger partial charge in [0.2, 0.25) is 5.88 Å². The molecule has 0 saturated heterocycles. The first kappa shape index (κ1) is 18.3. The summed E-state index contributed by atoms with van der Waals surface area (Å²) in [6.45, 7) is 0. The fraction of sp³-hybridized carbons (Fsp3) is 0.0556. The van der Waals surface area contributed by atoms with E-state index in [1.54, 1.807) is 36.4 Å². The quantitative estimate of drug-likeness (QED) is 0.526. The summed E-state index contributed by atoms with van der Waals surface area (Å²) in [6, 6.07) is 14.1. The Labute approximate surface area is 158 Å². The van der Waals surface area contributed by atoms with Gasteiger partial charge in [0.15, 0.2) is 0 Å². The molecule has 0 radical (unpaired) electrons. The fourth-order valence-corrected chi connectivity index (χ4v) is 2.57. The number of rotatable bonds is 5. The van der Waals surface area contributed by atoms with Crippen molar-refractivity contribution in [3.63, 3.8) is 0 Å². The molecule has 0 atom stereocenters. The lowest BCUT2D eigenvalue weighted by Crippen LogP contribution is -2.12. The highest BCUT2D eigenvalue weighted by molar-refractivity contribution is 6.34. The Balaban J connectivity index is 1.74. The van der Waals surface area contributed by atoms with Crippen molar-refractivity contribution in [2.45, 2.75) is 0 Å². The summed E-state index contributed by atoms with van der Waals surface area (Å²) in [6.07, 6.45) is 0. The zero-order valence-electron chi connectivity index (χ0n) is 14.0. The summed E-state index contributed by atoms with van der Waals surface area (Å²) in [5.74, 6) is -0.0468. The average Bonchev–Trinajstić information content (AvgIpc) is 2.68. The van der Waals surface area contributed by atoms with Crippen LogP contribution in [0.1, 0.15) is 10.4 Å². The number of nitro benzene ring substituents is 1. The number of halogens is 1. The Hall–Kier alpha value is -3.52. The number of carbonyl (C=O) groups excluding carboxylic acids is 1. The molecule has 136 valence electrons. The van der Waals surface area contributed by atoms with Crippen LogP contribution >= 0.6 is 11.6 Å². The van der Waals surface area contributed by atoms with Crippen LogP contribution in [0.25, 0.3) is 11.3 Å². The molecule has 3 aromatic rings. The Morgan fingerprint density at radius 3 is 2.41 bits per heavy atom. The van der Waals surface area contributed by atoms with Crippen LogP contribution in [0.2, 0.25) is 5.02 Å². The van der Waals surface area contributed by atoms with E-state index in [-0.39, 0.29) is 16.3 Å². The number of non-ortho nitro benzene ring substituents is 1. The van der Waals surface area contributed by atoms with Crippen molar-refractivity contribution in [3.8, 4) is 17.1 Å². The van der Waals surface area contributed by atoms with Crippen molar-refractivity contribution < 1.29 is 14.5 Å². The minimum atomic E-state index is -0.575. The number of nitrogens with one attached hydrogen (secondary N) is 1. The van der Waals surface area contributed by atoms with Crippen LogP contribution < -0.4 is 10.1 Å². The first-order valence-corrected chi connectivity index (χ1v) is 8.09. The Kier molecular flexibility index (Phi) is 5.28. The first-order valence-electron chi connectivity index (χ1n) is 7.71. The normalized spacial score (nSPS) is 10.3. The van der Waals surface area contributed by atoms with Gasteiger partial charge in [-0.25, -0.2) is 0 Å². The lowest BCUT2D eigenvalue weighted by Gasteiger charge is -2.08. The van der Waals surface area contributed by atoms with E-state index < -0.39 is 10.8 Å². The molecule has 27 heavy (non-hydrogen) atoms. The molecule has 1 heterocycles. The van der Waals surface area contributed by atoms with Crippen LogP contribution in [0.4, 0.5) is 11.4 Å². The van der Waals surface area contributed by atoms with Crippen molar-refractivity contribution in [2.24, 2.45) is 0 Å². The van der Waals surface area contributed by atoms with Crippen LogP contribution in [0.15, 0.2) is 54.6 Å². The topological polar surface area (TPSA) is 107 Å². The van der Waals surface area contributed by atoms with Crippen LogP contribution in [0.5, 0.6) is 5.88 Å². The van der Waals surface area contributed by atoms with E-state index in [9.17, 15) is 14.9 Å². The zero-order valence-corrected chi connectivity index (χ0v) is 14.8. The Morgan fingerprint density at radius 2 is 1.85 bits per heavy atom. The molecule has 0 spiro atoms. The number of carbonyl (C=O) groups is 1. The van der Waals surface area contributed by atoms with Crippen LogP contribution in [-0.4, -0.2) is 28.1 Å². The molecule has 1 aromatic heterocycles. The smallest absolute Gasteiger partial charge is 0.270 e. The third-order valence-corrected chi connectivity index (χ3v) is 4.01. The number of hydrogen-bond acceptors (Lipinski definition) is 6. The van der Waals surface area contributed by atoms with Gasteiger partial charge in [0.05, 0.1) is 28.3 Å². The second-order valence-electron chi connectivity index (χ2n) is 5.41. The first-order chi connectivity index (χ1) is 13.0. The summed E-state index contributed by atoms with van der Waals surface area (Å²) in [7, 11) is 1.51. The number of aromatic nitrogens is 2. The van der Waals surface area contributed by atoms with Crippen LogP contribution in [0.3, 0.4) is 0 Å². The summed E-state index contributed by atoms with van der Waals surface area (Å²) in [5, 5.41) is 21.4. The summed E-state index contributed by atoms with van der Waals surface area (Å²) >= 11 is 5.97. The number of nitro groups is 1. The number of hydrogen-bond donors (Lipinski definition) is 1. The third kappa shape index (κ3) is 4.18. The van der Waals surface area contributed by atoms with Gasteiger partial charge in [0, 0.05) is 29.4 Å². The molecular formula is C18H13ClN4O4. The molecule has 0 aliphatic carbocycles. The molecule has 1 N–H and O–H groups in total. The van der Waals surface area contributed by atoms with E-state index in [0.29, 0.717) is 17.3 Å². The van der Waals surface area contributed by atoms with Crippen LogP contribution in [-0.2, 0) is 0 Å². The van der Waals surface area contributed by atoms with E-state index in [1.807, 2.05) is 0 Å². The predicted octanol–water partition coefficient (Wildman–Crippen LogP) is 3.97. The van der Waals surface area contributed by atoms with E-state index in [0.717, 1.165) is 11.6 Å². The fourth-order valence-electron chi connectivity index (χ4n) is 2.31. The number of anilines is 1. The van der Waals surface area contributed by atoms with E-state index >= 15 is 0 Å². The van der Waals surface area contributed by atoms with Gasteiger partial charge in [-0.05, 0) is 24.3 Å². The molecule has 8 nitrogen and oxygen atoms in total. The number of nitrogens with zero attached hydrogens (tertiary/aromatic N) is 3. The molecule has 0 fully saturated rings. The molecular weight excluding hydrogens is 372 g/mol. The van der Waals surface area contributed by atoms with E-state index in [2.05, 4.69) is 15.5 Å². The Bertz CT molecular complexity index is 991. The summed E-state index contributed by atoms with van der Waals surface area (Å²) in [4.78, 5) is 22.5. The van der Waals surface area contributed by atoms with Gasteiger partial charge >= 0.3 is 0 Å². The molecule has 9 heteroatoms. The summed E-state index contributed by atoms with van der Waals surface area (Å²) < 4.78 is 4.97. The average molecular weight is 385 g/mol. The van der Waals surface area contributed by atoms with Gasteiger partial charge in [-0.2, -0.15) is 0 Å². The number of ether oxygens (including phenoxy) is 1. The van der Waals surface area contributed by atoms with Crippen molar-refractivity contribution in [1.82, 2.24) is 10.2 Å². The highest BCUT2D eigenvalue weighted by Gasteiger charge is 2.15. The highest BCUT2D eigenvalue weighted by atomic mass is 35.5. The number of benzene rings is 2. The maximum Gasteiger partial charge on any atom is 0.270 e. The molecule has 0 bridgehead atoms. The minimum Gasteiger partial charge on any atom is -0.480 e. The standard InChI is InChI=1S/C18H13ClN4O4/c1-27-17-9-8-16(21-22-17)11-2-4-12(5-3-11)20-18(24)14-7-6-13(23(25)26)10-15(14)19/h2-10H,1H3,(H,20,24). The highest BCUT2D eigenvalue weighted by Crippen LogP contribution is 2.24. The van der Waals surface area contributed by atoms with Gasteiger partial charge in [0.25, 0.3) is 11.6 Å². The van der Waals surface area contributed by atoms with Crippen molar-refractivity contribution >= 4 is 28.9 Å².